The summed E-state index contributed by atoms with van der Waals surface area (Å²) in [5.74, 6) is 1.21. The van der Waals surface area contributed by atoms with Crippen LogP contribution in [0.15, 0.2) is 30.5 Å². The third kappa shape index (κ3) is 3.10. The van der Waals surface area contributed by atoms with Gasteiger partial charge in [0.1, 0.15) is 0 Å². The van der Waals surface area contributed by atoms with Crippen LogP contribution in [0.1, 0.15) is 37.4 Å². The van der Waals surface area contributed by atoms with E-state index in [0.717, 1.165) is 24.2 Å². The van der Waals surface area contributed by atoms with Crippen molar-refractivity contribution in [2.75, 3.05) is 5.88 Å². The standard InChI is InChI=1S/C14H18ClN3/c1-11(2)12-5-7-14(8-6-12)18-10-13(16-17-18)4-3-9-15/h5-8,10-11H,3-4,9H2,1-2H3. The maximum absolute atomic E-state index is 5.67. The molecule has 18 heavy (non-hydrogen) atoms. The van der Waals surface area contributed by atoms with Gasteiger partial charge in [-0.1, -0.05) is 31.2 Å². The highest BCUT2D eigenvalue weighted by molar-refractivity contribution is 6.17. The maximum Gasteiger partial charge on any atom is 0.0832 e. The Kier molecular flexibility index (Phi) is 4.37. The Balaban J connectivity index is 2.13. The zero-order chi connectivity index (χ0) is 13.0. The van der Waals surface area contributed by atoms with Crippen molar-refractivity contribution < 1.29 is 0 Å². The monoisotopic (exact) mass is 263 g/mol. The molecule has 0 bridgehead atoms. The predicted molar refractivity (Wildman–Crippen MR) is 74.5 cm³/mol. The Morgan fingerprint density at radius 2 is 1.94 bits per heavy atom. The molecule has 0 N–H and O–H groups in total. The first-order valence-electron chi connectivity index (χ1n) is 6.28. The maximum atomic E-state index is 5.67. The van der Waals surface area contributed by atoms with Crippen LogP contribution in [0.5, 0.6) is 0 Å². The Labute approximate surface area is 113 Å². The summed E-state index contributed by atoms with van der Waals surface area (Å²) in [5, 5.41) is 8.28. The molecule has 0 fully saturated rings. The number of hydrogen-bond donors (Lipinski definition) is 0. The fraction of sp³-hybridized carbons (Fsp3) is 0.429. The van der Waals surface area contributed by atoms with E-state index in [2.05, 4.69) is 48.4 Å². The Morgan fingerprint density at radius 1 is 1.22 bits per heavy atom. The van der Waals surface area contributed by atoms with Crippen molar-refractivity contribution in [2.24, 2.45) is 0 Å². The average molecular weight is 264 g/mol. The van der Waals surface area contributed by atoms with Gasteiger partial charge in [0.05, 0.1) is 17.6 Å². The normalized spacial score (nSPS) is 11.1. The molecular formula is C14H18ClN3. The zero-order valence-electron chi connectivity index (χ0n) is 10.8. The van der Waals surface area contributed by atoms with Crippen LogP contribution in [-0.4, -0.2) is 20.9 Å². The minimum atomic E-state index is 0.550. The van der Waals surface area contributed by atoms with Gasteiger partial charge in [-0.3, -0.25) is 0 Å². The lowest BCUT2D eigenvalue weighted by Gasteiger charge is -2.06. The van der Waals surface area contributed by atoms with E-state index in [9.17, 15) is 0 Å². The van der Waals surface area contributed by atoms with E-state index in [1.54, 1.807) is 0 Å². The zero-order valence-corrected chi connectivity index (χ0v) is 11.6. The summed E-state index contributed by atoms with van der Waals surface area (Å²) in [5.41, 5.74) is 3.37. The van der Waals surface area contributed by atoms with E-state index in [0.29, 0.717) is 11.8 Å². The largest absolute Gasteiger partial charge is 0.220 e. The lowest BCUT2D eigenvalue weighted by molar-refractivity contribution is 0.790. The Bertz CT molecular complexity index is 488. The molecule has 1 aromatic carbocycles. The van der Waals surface area contributed by atoms with Crippen molar-refractivity contribution in [3.05, 3.63) is 41.7 Å². The molecule has 0 spiro atoms. The van der Waals surface area contributed by atoms with Crippen LogP contribution in [0.4, 0.5) is 0 Å². The molecule has 1 heterocycles. The summed E-state index contributed by atoms with van der Waals surface area (Å²) >= 11 is 5.67. The SMILES string of the molecule is CC(C)c1ccc(-n2cc(CCCCl)nn2)cc1. The molecule has 0 unspecified atom stereocenters. The number of hydrogen-bond acceptors (Lipinski definition) is 2. The molecule has 3 nitrogen and oxygen atoms in total. The first-order valence-corrected chi connectivity index (χ1v) is 6.81. The van der Waals surface area contributed by atoms with Gasteiger partial charge in [-0.25, -0.2) is 4.68 Å². The minimum absolute atomic E-state index is 0.550. The van der Waals surface area contributed by atoms with Crippen molar-refractivity contribution in [1.82, 2.24) is 15.0 Å². The first kappa shape index (κ1) is 13.1. The van der Waals surface area contributed by atoms with E-state index >= 15 is 0 Å². The van der Waals surface area contributed by atoms with Gasteiger partial charge in [-0.2, -0.15) is 0 Å². The highest BCUT2D eigenvalue weighted by Gasteiger charge is 2.04. The summed E-state index contributed by atoms with van der Waals surface area (Å²) in [6, 6.07) is 8.44. The molecule has 0 aliphatic carbocycles. The summed E-state index contributed by atoms with van der Waals surface area (Å²) in [4.78, 5) is 0. The number of halogens is 1. The van der Waals surface area contributed by atoms with Gasteiger partial charge >= 0.3 is 0 Å². The van der Waals surface area contributed by atoms with Crippen LogP contribution in [-0.2, 0) is 6.42 Å². The third-order valence-electron chi connectivity index (χ3n) is 2.93. The predicted octanol–water partition coefficient (Wildman–Crippen LogP) is 3.56. The molecule has 96 valence electrons. The average Bonchev–Trinajstić information content (AvgIpc) is 2.85. The second-order valence-corrected chi connectivity index (χ2v) is 5.07. The van der Waals surface area contributed by atoms with Gasteiger partial charge < -0.3 is 0 Å². The third-order valence-corrected chi connectivity index (χ3v) is 3.20. The smallest absolute Gasteiger partial charge is 0.0832 e. The van der Waals surface area contributed by atoms with Gasteiger partial charge in [-0.05, 0) is 36.5 Å². The van der Waals surface area contributed by atoms with Crippen molar-refractivity contribution in [2.45, 2.75) is 32.6 Å². The second-order valence-electron chi connectivity index (χ2n) is 4.69. The molecule has 0 amide bonds. The summed E-state index contributed by atoms with van der Waals surface area (Å²) in [6.07, 6.45) is 3.79. The van der Waals surface area contributed by atoms with E-state index in [-0.39, 0.29) is 0 Å². The number of benzene rings is 1. The van der Waals surface area contributed by atoms with Crippen molar-refractivity contribution >= 4 is 11.6 Å². The van der Waals surface area contributed by atoms with E-state index in [4.69, 9.17) is 11.6 Å². The number of nitrogens with zero attached hydrogens (tertiary/aromatic N) is 3. The van der Waals surface area contributed by atoms with E-state index in [1.807, 2.05) is 10.9 Å². The van der Waals surface area contributed by atoms with Gasteiger partial charge in [-0.15, -0.1) is 16.7 Å². The fourth-order valence-electron chi connectivity index (χ4n) is 1.80. The second kappa shape index (κ2) is 6.01. The summed E-state index contributed by atoms with van der Waals surface area (Å²) in [7, 11) is 0. The minimum Gasteiger partial charge on any atom is -0.220 e. The Morgan fingerprint density at radius 3 is 2.56 bits per heavy atom. The van der Waals surface area contributed by atoms with Crippen molar-refractivity contribution in [1.29, 1.82) is 0 Å². The Hall–Kier alpha value is -1.35. The molecule has 0 radical (unpaired) electrons. The molecule has 2 aromatic rings. The topological polar surface area (TPSA) is 30.7 Å². The first-order chi connectivity index (χ1) is 8.70. The van der Waals surface area contributed by atoms with E-state index in [1.165, 1.54) is 5.56 Å². The van der Waals surface area contributed by atoms with Crippen LogP contribution in [0.2, 0.25) is 0 Å². The highest BCUT2D eigenvalue weighted by atomic mass is 35.5. The van der Waals surface area contributed by atoms with Crippen LogP contribution in [0.25, 0.3) is 5.69 Å². The van der Waals surface area contributed by atoms with Crippen LogP contribution >= 0.6 is 11.6 Å². The molecule has 2 rings (SSSR count). The van der Waals surface area contributed by atoms with Gasteiger partial charge in [0, 0.05) is 5.88 Å². The molecule has 0 aliphatic rings. The fourth-order valence-corrected chi connectivity index (χ4v) is 1.93. The van der Waals surface area contributed by atoms with Crippen molar-refractivity contribution in [3.8, 4) is 5.69 Å². The van der Waals surface area contributed by atoms with Gasteiger partial charge in [0.15, 0.2) is 0 Å². The summed E-state index contributed by atoms with van der Waals surface area (Å²) < 4.78 is 1.81. The van der Waals surface area contributed by atoms with Crippen LogP contribution in [0, 0.1) is 0 Å². The molecule has 0 saturated carbocycles. The van der Waals surface area contributed by atoms with Crippen LogP contribution in [0.3, 0.4) is 0 Å². The summed E-state index contributed by atoms with van der Waals surface area (Å²) in [6.45, 7) is 4.38. The molecular weight excluding hydrogens is 246 g/mol. The van der Waals surface area contributed by atoms with Crippen LogP contribution < -0.4 is 0 Å². The number of aryl methyl sites for hydroxylation is 1. The van der Waals surface area contributed by atoms with E-state index < -0.39 is 0 Å². The van der Waals surface area contributed by atoms with Gasteiger partial charge in [0.25, 0.3) is 0 Å². The molecule has 0 aliphatic heterocycles. The molecule has 4 heteroatoms. The highest BCUT2D eigenvalue weighted by Crippen LogP contribution is 2.16. The lowest BCUT2D eigenvalue weighted by atomic mass is 10.0. The quantitative estimate of drug-likeness (QED) is 0.773. The molecule has 0 atom stereocenters. The van der Waals surface area contributed by atoms with Crippen molar-refractivity contribution in [3.63, 3.8) is 0 Å². The number of aromatic nitrogens is 3. The lowest BCUT2D eigenvalue weighted by Crippen LogP contribution is -1.95. The number of rotatable bonds is 5. The van der Waals surface area contributed by atoms with Gasteiger partial charge in [0.2, 0.25) is 0 Å². The number of alkyl halides is 1. The molecule has 1 aromatic heterocycles. The molecule has 0 saturated heterocycles.